The number of hydrogen-bond acceptors (Lipinski definition) is 7. The first-order valence-corrected chi connectivity index (χ1v) is 11.4. The second kappa shape index (κ2) is 11.4. The number of ether oxygens (including phenoxy) is 1. The predicted octanol–water partition coefficient (Wildman–Crippen LogP) is 3.92. The lowest BCUT2D eigenvalue weighted by atomic mass is 9.95. The molecule has 1 N–H and O–H groups in total. The monoisotopic (exact) mass is 479 g/mol. The third-order valence-electron chi connectivity index (χ3n) is 5.98. The van der Waals surface area contributed by atoms with Crippen LogP contribution in [0.25, 0.3) is 5.76 Å². The minimum atomic E-state index is -0.956. The number of rotatable bonds is 11. The summed E-state index contributed by atoms with van der Waals surface area (Å²) < 4.78 is 5.46. The van der Waals surface area contributed by atoms with Crippen molar-refractivity contribution in [2.24, 2.45) is 0 Å². The first-order valence-electron chi connectivity index (χ1n) is 11.4. The fraction of sp³-hybridized carbons (Fsp3) is 0.308. The minimum Gasteiger partial charge on any atom is -0.507 e. The number of Topliss-reactive ketones (excluding diaryl/α,β-unsaturated/α-hetero) is 1. The molecule has 0 spiro atoms. The van der Waals surface area contributed by atoms with E-state index in [1.54, 1.807) is 36.4 Å². The van der Waals surface area contributed by atoms with Crippen molar-refractivity contribution in [2.75, 3.05) is 32.8 Å². The van der Waals surface area contributed by atoms with E-state index in [4.69, 9.17) is 4.74 Å². The van der Waals surface area contributed by atoms with Gasteiger partial charge >= 0.3 is 0 Å². The van der Waals surface area contributed by atoms with Crippen LogP contribution in [-0.2, 0) is 9.59 Å². The summed E-state index contributed by atoms with van der Waals surface area (Å²) in [6.45, 7) is 10.2. The minimum absolute atomic E-state index is 0.102. The van der Waals surface area contributed by atoms with E-state index in [0.29, 0.717) is 30.0 Å². The molecule has 1 atom stereocenters. The zero-order valence-electron chi connectivity index (χ0n) is 19.8. The van der Waals surface area contributed by atoms with Crippen LogP contribution in [0.5, 0.6) is 5.75 Å². The first kappa shape index (κ1) is 25.6. The fourth-order valence-electron chi connectivity index (χ4n) is 4.07. The molecule has 9 nitrogen and oxygen atoms in total. The van der Waals surface area contributed by atoms with Crippen LogP contribution in [0, 0.1) is 10.1 Å². The third kappa shape index (κ3) is 5.58. The number of ketones is 1. The van der Waals surface area contributed by atoms with Crippen LogP contribution in [0.2, 0.25) is 0 Å². The molecule has 1 aliphatic heterocycles. The van der Waals surface area contributed by atoms with E-state index in [0.717, 1.165) is 13.1 Å². The Balaban J connectivity index is 2.09. The Labute approximate surface area is 204 Å². The van der Waals surface area contributed by atoms with Crippen molar-refractivity contribution in [3.8, 4) is 5.75 Å². The Morgan fingerprint density at radius 1 is 1.20 bits per heavy atom. The van der Waals surface area contributed by atoms with Crippen molar-refractivity contribution in [1.29, 1.82) is 0 Å². The van der Waals surface area contributed by atoms with Gasteiger partial charge in [0.1, 0.15) is 18.1 Å². The summed E-state index contributed by atoms with van der Waals surface area (Å²) in [6, 6.07) is 11.3. The summed E-state index contributed by atoms with van der Waals surface area (Å²) in [7, 11) is 0. The third-order valence-corrected chi connectivity index (χ3v) is 5.98. The number of carbonyl (C=O) groups excluding carboxylic acids is 2. The lowest BCUT2D eigenvalue weighted by Gasteiger charge is -2.28. The molecule has 0 aromatic heterocycles. The summed E-state index contributed by atoms with van der Waals surface area (Å²) in [5.74, 6) is -1.37. The van der Waals surface area contributed by atoms with Gasteiger partial charge in [-0.3, -0.25) is 19.7 Å². The molecule has 2 aromatic carbocycles. The zero-order chi connectivity index (χ0) is 25.5. The highest BCUT2D eigenvalue weighted by Gasteiger charge is 2.46. The van der Waals surface area contributed by atoms with E-state index in [1.165, 1.54) is 23.1 Å². The number of carbonyl (C=O) groups is 2. The molecule has 1 heterocycles. The van der Waals surface area contributed by atoms with Crippen molar-refractivity contribution in [1.82, 2.24) is 9.80 Å². The summed E-state index contributed by atoms with van der Waals surface area (Å²) >= 11 is 0. The van der Waals surface area contributed by atoms with E-state index in [9.17, 15) is 24.8 Å². The van der Waals surface area contributed by atoms with Crippen LogP contribution in [0.3, 0.4) is 0 Å². The molecular weight excluding hydrogens is 450 g/mol. The van der Waals surface area contributed by atoms with Gasteiger partial charge in [0.2, 0.25) is 0 Å². The largest absolute Gasteiger partial charge is 0.507 e. The van der Waals surface area contributed by atoms with Crippen LogP contribution >= 0.6 is 0 Å². The summed E-state index contributed by atoms with van der Waals surface area (Å²) in [5.41, 5.74) is 0.439. The number of likely N-dealkylation sites (tertiary alicyclic amines) is 1. The predicted molar refractivity (Wildman–Crippen MR) is 132 cm³/mol. The van der Waals surface area contributed by atoms with Gasteiger partial charge in [-0.15, -0.1) is 0 Å². The van der Waals surface area contributed by atoms with Gasteiger partial charge in [-0.25, -0.2) is 0 Å². The van der Waals surface area contributed by atoms with Gasteiger partial charge in [0.05, 0.1) is 16.5 Å². The molecule has 1 aliphatic rings. The van der Waals surface area contributed by atoms with Crippen LogP contribution in [-0.4, -0.2) is 64.3 Å². The van der Waals surface area contributed by atoms with Crippen molar-refractivity contribution in [3.05, 3.63) is 88.0 Å². The Kier molecular flexibility index (Phi) is 8.38. The second-order valence-corrected chi connectivity index (χ2v) is 8.00. The maximum atomic E-state index is 13.1. The molecule has 9 heteroatoms. The number of nitro groups is 1. The number of hydrogen-bond donors (Lipinski definition) is 1. The van der Waals surface area contributed by atoms with Crippen LogP contribution < -0.4 is 4.74 Å². The summed E-state index contributed by atoms with van der Waals surface area (Å²) in [6.07, 6.45) is 1.60. The SMILES string of the molecule is C=CCOc1ccc(C(O)=C2C(=O)C(=O)N(CCN(CC)CC)[C@@H]2c2cccc([N+](=O)[O-])c2)cc1. The van der Waals surface area contributed by atoms with Crippen molar-refractivity contribution in [3.63, 3.8) is 0 Å². The maximum Gasteiger partial charge on any atom is 0.295 e. The number of aliphatic hydroxyl groups excluding tert-OH is 1. The van der Waals surface area contributed by atoms with Crippen molar-refractivity contribution < 1.29 is 24.4 Å². The molecule has 0 unspecified atom stereocenters. The van der Waals surface area contributed by atoms with E-state index >= 15 is 0 Å². The molecule has 1 fully saturated rings. The lowest BCUT2D eigenvalue weighted by molar-refractivity contribution is -0.384. The molecule has 1 saturated heterocycles. The molecule has 1 amide bonds. The number of non-ortho nitro benzene ring substituents is 1. The Hall–Kier alpha value is -3.98. The van der Waals surface area contributed by atoms with Crippen molar-refractivity contribution >= 4 is 23.1 Å². The van der Waals surface area contributed by atoms with E-state index in [-0.39, 0.29) is 23.6 Å². The molecule has 0 saturated carbocycles. The Bertz CT molecular complexity index is 1140. The van der Waals surface area contributed by atoms with Gasteiger partial charge in [0, 0.05) is 30.8 Å². The highest BCUT2D eigenvalue weighted by Crippen LogP contribution is 2.40. The Morgan fingerprint density at radius 2 is 1.89 bits per heavy atom. The highest BCUT2D eigenvalue weighted by molar-refractivity contribution is 6.46. The topological polar surface area (TPSA) is 113 Å². The van der Waals surface area contributed by atoms with Gasteiger partial charge in [0.25, 0.3) is 17.4 Å². The van der Waals surface area contributed by atoms with Crippen molar-refractivity contribution in [2.45, 2.75) is 19.9 Å². The highest BCUT2D eigenvalue weighted by atomic mass is 16.6. The van der Waals surface area contributed by atoms with Crippen LogP contribution in [0.1, 0.15) is 31.0 Å². The van der Waals surface area contributed by atoms with Crippen LogP contribution in [0.4, 0.5) is 5.69 Å². The molecule has 2 aromatic rings. The van der Waals surface area contributed by atoms with Gasteiger partial charge < -0.3 is 19.6 Å². The average Bonchev–Trinajstić information content (AvgIpc) is 3.13. The number of amides is 1. The van der Waals surface area contributed by atoms with Gasteiger partial charge in [-0.1, -0.05) is 38.6 Å². The molecule has 0 radical (unpaired) electrons. The average molecular weight is 480 g/mol. The quantitative estimate of drug-likeness (QED) is 0.130. The maximum absolute atomic E-state index is 13.1. The molecule has 184 valence electrons. The smallest absolute Gasteiger partial charge is 0.295 e. The molecule has 3 rings (SSSR count). The number of aliphatic hydroxyl groups is 1. The van der Waals surface area contributed by atoms with Gasteiger partial charge in [-0.2, -0.15) is 0 Å². The van der Waals surface area contributed by atoms with Crippen LogP contribution in [0.15, 0.2) is 66.8 Å². The molecule has 0 bridgehead atoms. The van der Waals surface area contributed by atoms with E-state index < -0.39 is 22.7 Å². The first-order chi connectivity index (χ1) is 16.8. The summed E-state index contributed by atoms with van der Waals surface area (Å²) in [5, 5.41) is 22.5. The van der Waals surface area contributed by atoms with Gasteiger partial charge in [0.15, 0.2) is 0 Å². The zero-order valence-corrected chi connectivity index (χ0v) is 19.8. The number of nitrogens with zero attached hydrogens (tertiary/aromatic N) is 3. The van der Waals surface area contributed by atoms with E-state index in [1.807, 2.05) is 13.8 Å². The number of benzene rings is 2. The molecule has 0 aliphatic carbocycles. The normalized spacial score (nSPS) is 17.1. The Morgan fingerprint density at radius 3 is 2.49 bits per heavy atom. The lowest BCUT2D eigenvalue weighted by Crippen LogP contribution is -2.38. The second-order valence-electron chi connectivity index (χ2n) is 8.00. The number of nitro benzene ring substituents is 1. The summed E-state index contributed by atoms with van der Waals surface area (Å²) in [4.78, 5) is 40.5. The standard InChI is InChI=1S/C26H29N3O6/c1-4-16-35-21-12-10-18(11-13-21)24(30)22-23(19-8-7-9-20(17-19)29(33)34)28(26(32)25(22)31)15-14-27(5-2)6-3/h4,7-13,17,23,30H,1,5-6,14-16H2,2-3H3/t23-/m1/s1. The molecular formula is C26H29N3O6. The van der Waals surface area contributed by atoms with E-state index in [2.05, 4.69) is 11.5 Å². The fourth-order valence-corrected chi connectivity index (χ4v) is 4.07. The molecule has 35 heavy (non-hydrogen) atoms. The van der Waals surface area contributed by atoms with Gasteiger partial charge in [-0.05, 0) is 42.9 Å². The number of likely N-dealkylation sites (N-methyl/N-ethyl adjacent to an activating group) is 1.